The highest BCUT2D eigenvalue weighted by molar-refractivity contribution is 8.13. The van der Waals surface area contributed by atoms with Crippen molar-refractivity contribution in [1.82, 2.24) is 5.32 Å². The number of carbonyl (C=O) groups excluding carboxylic acids is 1. The largest absolute Gasteiger partial charge is 0.343 e. The predicted octanol–water partition coefficient (Wildman–Crippen LogP) is 3.41. The number of nitrogens with zero attached hydrogens (tertiary/aromatic N) is 1. The second-order valence-corrected chi connectivity index (χ2v) is 5.33. The van der Waals surface area contributed by atoms with E-state index in [4.69, 9.17) is 0 Å². The van der Waals surface area contributed by atoms with Crippen LogP contribution in [0.25, 0.3) is 0 Å². The van der Waals surface area contributed by atoms with Crippen LogP contribution in [-0.4, -0.2) is 17.3 Å². The molecular weight excluding hydrogens is 268 g/mol. The maximum absolute atomic E-state index is 11.9. The molecule has 0 unspecified atom stereocenters. The Morgan fingerprint density at radius 2 is 1.45 bits per heavy atom. The van der Waals surface area contributed by atoms with Crippen molar-refractivity contribution < 1.29 is 4.79 Å². The lowest BCUT2D eigenvalue weighted by Crippen LogP contribution is -2.45. The summed E-state index contributed by atoms with van der Waals surface area (Å²) in [6.45, 7) is 0. The third-order valence-corrected chi connectivity index (χ3v) is 4.21. The Hall–Kier alpha value is -2.07. The van der Waals surface area contributed by atoms with Crippen molar-refractivity contribution in [2.75, 3.05) is 6.26 Å². The first-order valence-corrected chi connectivity index (χ1v) is 7.56. The minimum absolute atomic E-state index is 0.290. The van der Waals surface area contributed by atoms with Gasteiger partial charge in [0.15, 0.2) is 0 Å². The molecular formula is C16H14N2OS. The summed E-state index contributed by atoms with van der Waals surface area (Å²) < 4.78 is 0. The van der Waals surface area contributed by atoms with Gasteiger partial charge in [0.1, 0.15) is 10.6 Å². The molecule has 100 valence electrons. The highest BCUT2D eigenvalue weighted by Gasteiger charge is 2.45. The molecule has 0 bridgehead atoms. The van der Waals surface area contributed by atoms with E-state index in [9.17, 15) is 4.79 Å². The number of thioether (sulfide) groups is 1. The molecule has 0 fully saturated rings. The average molecular weight is 282 g/mol. The van der Waals surface area contributed by atoms with Gasteiger partial charge < -0.3 is 5.32 Å². The second kappa shape index (κ2) is 5.13. The Morgan fingerprint density at radius 3 is 1.90 bits per heavy atom. The molecule has 0 saturated carbocycles. The van der Waals surface area contributed by atoms with E-state index < -0.39 is 5.54 Å². The Bertz CT molecular complexity index is 613. The summed E-state index contributed by atoms with van der Waals surface area (Å²) in [6.07, 6.45) is 1.94. The van der Waals surface area contributed by atoms with Crippen LogP contribution in [0, 0.1) is 0 Å². The number of carbonyl (C=O) groups is 1. The van der Waals surface area contributed by atoms with Gasteiger partial charge in [0.05, 0.1) is 0 Å². The minimum Gasteiger partial charge on any atom is -0.316 e. The molecule has 2 aromatic rings. The van der Waals surface area contributed by atoms with Crippen LogP contribution in [0.1, 0.15) is 11.1 Å². The fraction of sp³-hybridized carbons (Fsp3) is 0.125. The third kappa shape index (κ3) is 1.93. The lowest BCUT2D eigenvalue weighted by molar-refractivity contribution is 0.248. The minimum atomic E-state index is -0.668. The molecule has 0 spiro atoms. The highest BCUT2D eigenvalue weighted by atomic mass is 32.2. The number of rotatable bonds is 2. The van der Waals surface area contributed by atoms with Crippen molar-refractivity contribution in [3.05, 3.63) is 71.8 Å². The number of hydrogen-bond acceptors (Lipinski definition) is 2. The maximum Gasteiger partial charge on any atom is 0.343 e. The van der Waals surface area contributed by atoms with Crippen molar-refractivity contribution in [3.63, 3.8) is 0 Å². The summed E-state index contributed by atoms with van der Waals surface area (Å²) in [5.41, 5.74) is 1.37. The van der Waals surface area contributed by atoms with Gasteiger partial charge in [-0.2, -0.15) is 4.99 Å². The zero-order valence-corrected chi connectivity index (χ0v) is 11.9. The number of benzene rings is 2. The molecule has 20 heavy (non-hydrogen) atoms. The molecule has 2 amide bonds. The number of amides is 2. The van der Waals surface area contributed by atoms with Crippen LogP contribution >= 0.6 is 11.8 Å². The van der Waals surface area contributed by atoms with Crippen LogP contribution in [-0.2, 0) is 5.54 Å². The number of urea groups is 1. The fourth-order valence-electron chi connectivity index (χ4n) is 2.55. The summed E-state index contributed by atoms with van der Waals surface area (Å²) in [4.78, 5) is 16.0. The van der Waals surface area contributed by atoms with E-state index in [-0.39, 0.29) is 6.03 Å². The summed E-state index contributed by atoms with van der Waals surface area (Å²) >= 11 is 1.50. The molecule has 1 heterocycles. The van der Waals surface area contributed by atoms with Gasteiger partial charge in [-0.1, -0.05) is 60.7 Å². The van der Waals surface area contributed by atoms with Crippen LogP contribution in [0.15, 0.2) is 65.7 Å². The Kier molecular flexibility index (Phi) is 3.32. The van der Waals surface area contributed by atoms with Crippen LogP contribution in [0.3, 0.4) is 0 Å². The quantitative estimate of drug-likeness (QED) is 0.917. The molecule has 1 aliphatic rings. The zero-order chi connectivity index (χ0) is 14.0. The van der Waals surface area contributed by atoms with Gasteiger partial charge in [0.25, 0.3) is 0 Å². The first-order valence-electron chi connectivity index (χ1n) is 6.34. The molecule has 1 N–H and O–H groups in total. The van der Waals surface area contributed by atoms with E-state index in [2.05, 4.69) is 10.3 Å². The lowest BCUT2D eigenvalue weighted by atomic mass is 9.84. The molecule has 0 aliphatic carbocycles. The van der Waals surface area contributed by atoms with Gasteiger partial charge in [0, 0.05) is 0 Å². The predicted molar refractivity (Wildman–Crippen MR) is 83.1 cm³/mol. The molecule has 4 heteroatoms. The topological polar surface area (TPSA) is 41.5 Å². The van der Waals surface area contributed by atoms with Crippen molar-refractivity contribution in [3.8, 4) is 0 Å². The van der Waals surface area contributed by atoms with Gasteiger partial charge in [0.2, 0.25) is 0 Å². The van der Waals surface area contributed by atoms with Crippen LogP contribution in [0.2, 0.25) is 0 Å². The van der Waals surface area contributed by atoms with E-state index in [0.717, 1.165) is 16.2 Å². The first-order chi connectivity index (χ1) is 9.77. The summed E-state index contributed by atoms with van der Waals surface area (Å²) in [7, 11) is 0. The molecule has 0 atom stereocenters. The van der Waals surface area contributed by atoms with Gasteiger partial charge in [-0.3, -0.25) is 0 Å². The second-order valence-electron chi connectivity index (χ2n) is 4.53. The maximum atomic E-state index is 11.9. The average Bonchev–Trinajstić information content (AvgIpc) is 2.87. The van der Waals surface area contributed by atoms with Gasteiger partial charge in [-0.25, -0.2) is 4.79 Å². The summed E-state index contributed by atoms with van der Waals surface area (Å²) in [6, 6.07) is 19.6. The number of nitrogens with one attached hydrogen (secondary N) is 1. The van der Waals surface area contributed by atoms with E-state index in [1.165, 1.54) is 11.8 Å². The van der Waals surface area contributed by atoms with Crippen molar-refractivity contribution in [1.29, 1.82) is 0 Å². The van der Waals surface area contributed by atoms with Gasteiger partial charge in [-0.05, 0) is 17.4 Å². The smallest absolute Gasteiger partial charge is 0.316 e. The van der Waals surface area contributed by atoms with Crippen molar-refractivity contribution in [2.45, 2.75) is 5.54 Å². The van der Waals surface area contributed by atoms with Crippen LogP contribution in [0.4, 0.5) is 4.79 Å². The fourth-order valence-corrected chi connectivity index (χ4v) is 3.32. The van der Waals surface area contributed by atoms with Crippen molar-refractivity contribution in [2.24, 2.45) is 4.99 Å². The normalized spacial score (nSPS) is 16.6. The highest BCUT2D eigenvalue weighted by Crippen LogP contribution is 2.37. The Balaban J connectivity index is 2.25. The SMILES string of the molecule is CSC1=NC(=O)NC1(c1ccccc1)c1ccccc1. The Labute approximate surface area is 122 Å². The third-order valence-electron chi connectivity index (χ3n) is 3.43. The lowest BCUT2D eigenvalue weighted by Gasteiger charge is -2.31. The van der Waals surface area contributed by atoms with Gasteiger partial charge in [-0.15, -0.1) is 11.8 Å². The van der Waals surface area contributed by atoms with E-state index in [1.54, 1.807) is 0 Å². The van der Waals surface area contributed by atoms with Gasteiger partial charge >= 0.3 is 6.03 Å². The first kappa shape index (κ1) is 12.9. The van der Waals surface area contributed by atoms with E-state index in [0.29, 0.717) is 0 Å². The Morgan fingerprint density at radius 1 is 0.950 bits per heavy atom. The van der Waals surface area contributed by atoms with E-state index >= 15 is 0 Å². The molecule has 2 aromatic carbocycles. The van der Waals surface area contributed by atoms with Crippen LogP contribution < -0.4 is 5.32 Å². The summed E-state index contributed by atoms with van der Waals surface area (Å²) in [5.74, 6) is 0. The monoisotopic (exact) mass is 282 g/mol. The van der Waals surface area contributed by atoms with Crippen LogP contribution in [0.5, 0.6) is 0 Å². The summed E-state index contributed by atoms with van der Waals surface area (Å²) in [5, 5.41) is 3.82. The van der Waals surface area contributed by atoms with E-state index in [1.807, 2.05) is 66.9 Å². The number of aliphatic imine (C=N–C) groups is 1. The molecule has 0 aromatic heterocycles. The molecule has 1 aliphatic heterocycles. The molecule has 3 nitrogen and oxygen atoms in total. The standard InChI is InChI=1S/C16H14N2OS/c1-20-14-16(18-15(19)17-14,12-8-4-2-5-9-12)13-10-6-3-7-11-13/h2-11H,1H3,(H,18,19). The molecule has 0 saturated heterocycles. The molecule has 3 rings (SSSR count). The van der Waals surface area contributed by atoms with Crippen molar-refractivity contribution >= 4 is 22.8 Å². The number of hydrogen-bond donors (Lipinski definition) is 1. The molecule has 0 radical (unpaired) electrons. The zero-order valence-electron chi connectivity index (χ0n) is 11.0.